The molecule has 0 heterocycles. The van der Waals surface area contributed by atoms with E-state index < -0.39 is 23.5 Å². The van der Waals surface area contributed by atoms with E-state index in [1.807, 2.05) is 0 Å². The lowest BCUT2D eigenvalue weighted by Crippen LogP contribution is -2.46. The van der Waals surface area contributed by atoms with Crippen LogP contribution in [0.5, 0.6) is 0 Å². The lowest BCUT2D eigenvalue weighted by Gasteiger charge is -2.26. The molecule has 0 spiro atoms. The number of halogens is 7. The first-order valence-corrected chi connectivity index (χ1v) is 2.86. The Morgan fingerprint density at radius 2 is 1.31 bits per heavy atom. The van der Waals surface area contributed by atoms with Crippen LogP contribution in [0, 0.1) is 0 Å². The highest BCUT2D eigenvalue weighted by Gasteiger charge is 2.55. The number of nitrogens with zero attached hydrogens (tertiary/aromatic N) is 1. The normalized spacial score (nSPS) is 14.6. The highest BCUT2D eigenvalue weighted by Crippen LogP contribution is 2.37. The molecule has 0 bridgehead atoms. The van der Waals surface area contributed by atoms with Gasteiger partial charge < -0.3 is 0 Å². The number of alkyl halides is 6. The van der Waals surface area contributed by atoms with Crippen molar-refractivity contribution in [2.45, 2.75) is 19.5 Å². The zero-order valence-electron chi connectivity index (χ0n) is 6.17. The molecule has 8 heteroatoms. The summed E-state index contributed by atoms with van der Waals surface area (Å²) in [5.41, 5.74) is 0. The minimum absolute atomic E-state index is 0.0704. The Kier molecular flexibility index (Phi) is 3.18. The average molecular weight is 211 g/mol. The first kappa shape index (κ1) is 12.0. The second-order valence-corrected chi connectivity index (χ2v) is 1.88. The molecule has 0 aromatic heterocycles. The molecule has 0 amide bonds. The van der Waals surface area contributed by atoms with Crippen LogP contribution in [0.25, 0.3) is 0 Å². The van der Waals surface area contributed by atoms with Gasteiger partial charge >= 0.3 is 12.6 Å². The van der Waals surface area contributed by atoms with Crippen molar-refractivity contribution in [2.24, 2.45) is 0 Å². The van der Waals surface area contributed by atoms with Crippen LogP contribution >= 0.6 is 0 Å². The van der Waals surface area contributed by atoms with E-state index in [4.69, 9.17) is 0 Å². The smallest absolute Gasteiger partial charge is 0.187 e. The van der Waals surface area contributed by atoms with E-state index in [1.54, 1.807) is 0 Å². The molecule has 0 unspecified atom stereocenters. The molecule has 0 fully saturated rings. The maximum Gasteiger partial charge on any atom is 0.493 e. The molecule has 1 nitrogen and oxygen atoms in total. The van der Waals surface area contributed by atoms with Crippen LogP contribution < -0.4 is 0 Å². The van der Waals surface area contributed by atoms with Crippen LogP contribution in [0.15, 0.2) is 12.0 Å². The van der Waals surface area contributed by atoms with Crippen molar-refractivity contribution in [3.8, 4) is 0 Å². The van der Waals surface area contributed by atoms with E-state index in [-0.39, 0.29) is 6.08 Å². The fourth-order valence-electron chi connectivity index (χ4n) is 0.515. The highest BCUT2D eigenvalue weighted by molar-refractivity contribution is 4.91. The van der Waals surface area contributed by atoms with Crippen LogP contribution in [0.4, 0.5) is 30.7 Å². The minimum atomic E-state index is -5.81. The lowest BCUT2D eigenvalue weighted by molar-refractivity contribution is -0.364. The summed E-state index contributed by atoms with van der Waals surface area (Å²) in [5.74, 6) is -2.40. The Bertz CT molecular complexity index is 186. The summed E-state index contributed by atoms with van der Waals surface area (Å²) in [6, 6.07) is 0. The standard InChI is InChI=1S/C5H4F7N/c1-2-3(6)13(4(7,8)9)5(10,11)12/h2H,1H3/b3-2-. The molecule has 0 radical (unpaired) electrons. The molecule has 13 heavy (non-hydrogen) atoms. The first-order chi connectivity index (χ1) is 5.60. The van der Waals surface area contributed by atoms with Crippen molar-refractivity contribution in [1.82, 2.24) is 4.90 Å². The molecule has 0 aromatic rings. The van der Waals surface area contributed by atoms with Gasteiger partial charge in [-0.3, -0.25) is 0 Å². The van der Waals surface area contributed by atoms with Crippen molar-refractivity contribution in [2.75, 3.05) is 0 Å². The van der Waals surface area contributed by atoms with Gasteiger partial charge in [-0.05, 0) is 13.0 Å². The van der Waals surface area contributed by atoms with Gasteiger partial charge in [0.1, 0.15) is 0 Å². The Balaban J connectivity index is 5.01. The van der Waals surface area contributed by atoms with Gasteiger partial charge in [0, 0.05) is 0 Å². The zero-order valence-corrected chi connectivity index (χ0v) is 6.17. The van der Waals surface area contributed by atoms with Crippen molar-refractivity contribution in [1.29, 1.82) is 0 Å². The Morgan fingerprint density at radius 1 is 1.00 bits per heavy atom. The van der Waals surface area contributed by atoms with E-state index in [2.05, 4.69) is 0 Å². The molecule has 0 atom stereocenters. The molecule has 0 saturated carbocycles. The van der Waals surface area contributed by atoms with Gasteiger partial charge in [-0.2, -0.15) is 9.29 Å². The molecular formula is C5H4F7N. The predicted octanol–water partition coefficient (Wildman–Crippen LogP) is 3.16. The molecule has 0 aliphatic rings. The van der Waals surface area contributed by atoms with Crippen molar-refractivity contribution in [3.05, 3.63) is 12.0 Å². The molecule has 0 aliphatic carbocycles. The monoisotopic (exact) mass is 211 g/mol. The number of rotatable bonds is 1. The van der Waals surface area contributed by atoms with E-state index >= 15 is 0 Å². The fraction of sp³-hybridized carbons (Fsp3) is 0.600. The van der Waals surface area contributed by atoms with Gasteiger partial charge in [-0.15, -0.1) is 26.3 Å². The SMILES string of the molecule is C/C=C(/F)N(C(F)(F)F)C(F)(F)F. The highest BCUT2D eigenvalue weighted by atomic mass is 19.4. The second-order valence-electron chi connectivity index (χ2n) is 1.88. The summed E-state index contributed by atoms with van der Waals surface area (Å²) in [7, 11) is 0. The summed E-state index contributed by atoms with van der Waals surface area (Å²) in [6.07, 6.45) is -11.6. The molecule has 78 valence electrons. The van der Waals surface area contributed by atoms with Gasteiger partial charge in [0.25, 0.3) is 0 Å². The first-order valence-electron chi connectivity index (χ1n) is 2.86. The quantitative estimate of drug-likeness (QED) is 0.475. The largest absolute Gasteiger partial charge is 0.493 e. The van der Waals surface area contributed by atoms with Crippen LogP contribution in [0.3, 0.4) is 0 Å². The second kappa shape index (κ2) is 3.43. The van der Waals surface area contributed by atoms with Crippen LogP contribution in [-0.4, -0.2) is 17.5 Å². The molecule has 0 aliphatic heterocycles. The van der Waals surface area contributed by atoms with Gasteiger partial charge in [-0.1, -0.05) is 0 Å². The predicted molar refractivity (Wildman–Crippen MR) is 28.8 cm³/mol. The van der Waals surface area contributed by atoms with Crippen molar-refractivity contribution < 1.29 is 30.7 Å². The fourth-order valence-corrected chi connectivity index (χ4v) is 0.515. The Labute approximate surface area is 68.4 Å². The van der Waals surface area contributed by atoms with Crippen LogP contribution in [-0.2, 0) is 0 Å². The summed E-state index contributed by atoms with van der Waals surface area (Å²) < 4.78 is 81.6. The molecule has 0 aromatic carbocycles. The summed E-state index contributed by atoms with van der Waals surface area (Å²) in [4.78, 5) is -2.21. The maximum absolute atomic E-state index is 12.1. The van der Waals surface area contributed by atoms with Gasteiger partial charge in [-0.25, -0.2) is 0 Å². The number of hydrogen-bond donors (Lipinski definition) is 0. The van der Waals surface area contributed by atoms with Gasteiger partial charge in [0.15, 0.2) is 5.95 Å². The van der Waals surface area contributed by atoms with E-state index in [0.29, 0.717) is 0 Å². The third-order valence-corrected chi connectivity index (χ3v) is 0.959. The third kappa shape index (κ3) is 3.11. The molecule has 0 N–H and O–H groups in total. The number of allylic oxidation sites excluding steroid dienone is 1. The van der Waals surface area contributed by atoms with Crippen LogP contribution in [0.1, 0.15) is 6.92 Å². The molecule has 0 rings (SSSR count). The molecular weight excluding hydrogens is 207 g/mol. The Hall–Kier alpha value is -0.950. The van der Waals surface area contributed by atoms with E-state index in [0.717, 1.165) is 6.92 Å². The van der Waals surface area contributed by atoms with Crippen LogP contribution in [0.2, 0.25) is 0 Å². The maximum atomic E-state index is 12.1. The van der Waals surface area contributed by atoms with Gasteiger partial charge in [0.2, 0.25) is 0 Å². The zero-order chi connectivity index (χ0) is 10.9. The Morgan fingerprint density at radius 3 is 1.38 bits per heavy atom. The van der Waals surface area contributed by atoms with Crippen molar-refractivity contribution >= 4 is 0 Å². The molecule has 0 saturated heterocycles. The van der Waals surface area contributed by atoms with Crippen molar-refractivity contribution in [3.63, 3.8) is 0 Å². The lowest BCUT2D eigenvalue weighted by atomic mass is 10.6. The van der Waals surface area contributed by atoms with Gasteiger partial charge in [0.05, 0.1) is 0 Å². The topological polar surface area (TPSA) is 3.24 Å². The third-order valence-electron chi connectivity index (χ3n) is 0.959. The summed E-state index contributed by atoms with van der Waals surface area (Å²) in [5, 5.41) is 0. The number of hydrogen-bond acceptors (Lipinski definition) is 1. The summed E-state index contributed by atoms with van der Waals surface area (Å²) >= 11 is 0. The van der Waals surface area contributed by atoms with E-state index in [1.165, 1.54) is 0 Å². The van der Waals surface area contributed by atoms with E-state index in [9.17, 15) is 30.7 Å². The average Bonchev–Trinajstić information content (AvgIpc) is 1.80. The summed E-state index contributed by atoms with van der Waals surface area (Å²) in [6.45, 7) is 0.722. The minimum Gasteiger partial charge on any atom is -0.187 e.